The lowest BCUT2D eigenvalue weighted by molar-refractivity contribution is 0.0772. The minimum atomic E-state index is -0.432. The number of benzene rings is 2. The third-order valence-electron chi connectivity index (χ3n) is 3.56. The highest BCUT2D eigenvalue weighted by molar-refractivity contribution is 9.10. The Kier molecular flexibility index (Phi) is 6.64. The molecule has 0 aliphatic carbocycles. The maximum absolute atomic E-state index is 13.5. The van der Waals surface area contributed by atoms with Crippen LogP contribution in [0.25, 0.3) is 0 Å². The number of carbonyl (C=O) groups excluding carboxylic acids is 1. The number of hydrogen-bond acceptors (Lipinski definition) is 4. The van der Waals surface area contributed by atoms with Gasteiger partial charge in [0.1, 0.15) is 22.6 Å². The van der Waals surface area contributed by atoms with E-state index in [1.807, 2.05) is 0 Å². The number of para-hydroxylation sites is 1. The van der Waals surface area contributed by atoms with E-state index in [0.29, 0.717) is 28.1 Å². The zero-order chi connectivity index (χ0) is 18.4. The molecule has 0 heterocycles. The van der Waals surface area contributed by atoms with Crippen LogP contribution in [-0.4, -0.2) is 45.2 Å². The second-order valence-electron chi connectivity index (χ2n) is 5.20. The molecule has 0 fully saturated rings. The van der Waals surface area contributed by atoms with E-state index in [-0.39, 0.29) is 18.3 Å². The molecule has 0 radical (unpaired) electrons. The van der Waals surface area contributed by atoms with Crippen LogP contribution in [0.1, 0.15) is 10.4 Å². The molecule has 2 rings (SSSR count). The Morgan fingerprint density at radius 3 is 2.28 bits per heavy atom. The Bertz CT molecular complexity index is 729. The highest BCUT2D eigenvalue weighted by Crippen LogP contribution is 2.35. The van der Waals surface area contributed by atoms with Crippen molar-refractivity contribution >= 4 is 21.8 Å². The van der Waals surface area contributed by atoms with E-state index in [1.165, 1.54) is 25.2 Å². The molecule has 0 saturated heterocycles. The van der Waals surface area contributed by atoms with Gasteiger partial charge in [0.2, 0.25) is 0 Å². The van der Waals surface area contributed by atoms with Crippen LogP contribution in [0.15, 0.2) is 40.9 Å². The molecule has 25 heavy (non-hydrogen) atoms. The molecule has 0 spiro atoms. The summed E-state index contributed by atoms with van der Waals surface area (Å²) in [6.07, 6.45) is 0. The van der Waals surface area contributed by atoms with Crippen LogP contribution >= 0.6 is 15.9 Å². The SMILES string of the molecule is COc1cc(C(=O)N(C)CCOc2ccccc2F)cc(OC)c1Br. The number of halogens is 2. The van der Waals surface area contributed by atoms with E-state index in [1.54, 1.807) is 37.4 Å². The van der Waals surface area contributed by atoms with Crippen LogP contribution < -0.4 is 14.2 Å². The van der Waals surface area contributed by atoms with Crippen molar-refractivity contribution in [3.63, 3.8) is 0 Å². The first kappa shape index (κ1) is 19.1. The van der Waals surface area contributed by atoms with Crippen molar-refractivity contribution in [1.29, 1.82) is 0 Å². The van der Waals surface area contributed by atoms with Crippen LogP contribution in [0.5, 0.6) is 17.2 Å². The van der Waals surface area contributed by atoms with Gasteiger partial charge in [-0.15, -0.1) is 0 Å². The Hall–Kier alpha value is -2.28. The largest absolute Gasteiger partial charge is 0.495 e. The molecule has 0 N–H and O–H groups in total. The molecule has 0 unspecified atom stereocenters. The van der Waals surface area contributed by atoms with Crippen molar-refractivity contribution in [2.24, 2.45) is 0 Å². The standard InChI is InChI=1S/C18H19BrFNO4/c1-21(8-9-25-14-7-5-4-6-13(14)20)18(22)12-10-15(23-2)17(19)16(11-12)24-3/h4-7,10-11H,8-9H2,1-3H3. The Labute approximate surface area is 154 Å². The number of amides is 1. The van der Waals surface area contributed by atoms with Gasteiger partial charge in [-0.25, -0.2) is 4.39 Å². The van der Waals surface area contributed by atoms with Gasteiger partial charge in [-0.05, 0) is 40.2 Å². The Morgan fingerprint density at radius 1 is 1.12 bits per heavy atom. The molecule has 2 aromatic carbocycles. The summed E-state index contributed by atoms with van der Waals surface area (Å²) in [5, 5.41) is 0. The lowest BCUT2D eigenvalue weighted by Crippen LogP contribution is -2.31. The van der Waals surface area contributed by atoms with Gasteiger partial charge in [0.25, 0.3) is 5.91 Å². The maximum Gasteiger partial charge on any atom is 0.253 e. The van der Waals surface area contributed by atoms with Crippen LogP contribution in [-0.2, 0) is 0 Å². The minimum absolute atomic E-state index is 0.162. The first-order valence-electron chi connectivity index (χ1n) is 7.52. The summed E-state index contributed by atoms with van der Waals surface area (Å²) in [6.45, 7) is 0.474. The normalized spacial score (nSPS) is 10.3. The summed E-state index contributed by atoms with van der Waals surface area (Å²) in [4.78, 5) is 14.1. The van der Waals surface area contributed by atoms with Gasteiger partial charge >= 0.3 is 0 Å². The van der Waals surface area contributed by atoms with Gasteiger partial charge in [-0.1, -0.05) is 12.1 Å². The zero-order valence-electron chi connectivity index (χ0n) is 14.2. The highest BCUT2D eigenvalue weighted by atomic mass is 79.9. The monoisotopic (exact) mass is 411 g/mol. The predicted octanol–water partition coefficient (Wildman–Crippen LogP) is 3.76. The lowest BCUT2D eigenvalue weighted by atomic mass is 10.1. The zero-order valence-corrected chi connectivity index (χ0v) is 15.8. The molecule has 2 aromatic rings. The fourth-order valence-corrected chi connectivity index (χ4v) is 2.72. The van der Waals surface area contributed by atoms with Gasteiger partial charge in [-0.2, -0.15) is 0 Å². The fraction of sp³-hybridized carbons (Fsp3) is 0.278. The molecule has 134 valence electrons. The van der Waals surface area contributed by atoms with E-state index in [2.05, 4.69) is 15.9 Å². The second kappa shape index (κ2) is 8.71. The highest BCUT2D eigenvalue weighted by Gasteiger charge is 2.17. The number of ether oxygens (including phenoxy) is 3. The van der Waals surface area contributed by atoms with Crippen LogP contribution in [0.4, 0.5) is 4.39 Å². The lowest BCUT2D eigenvalue weighted by Gasteiger charge is -2.19. The number of carbonyl (C=O) groups is 1. The van der Waals surface area contributed by atoms with Crippen LogP contribution in [0.3, 0.4) is 0 Å². The molecule has 0 aliphatic rings. The summed E-state index contributed by atoms with van der Waals surface area (Å²) >= 11 is 3.37. The van der Waals surface area contributed by atoms with Crippen molar-refractivity contribution < 1.29 is 23.4 Å². The molecule has 0 aliphatic heterocycles. The molecular formula is C18H19BrFNO4. The fourth-order valence-electron chi connectivity index (χ4n) is 2.17. The predicted molar refractivity (Wildman–Crippen MR) is 96.1 cm³/mol. The van der Waals surface area contributed by atoms with Gasteiger partial charge < -0.3 is 19.1 Å². The maximum atomic E-state index is 13.5. The summed E-state index contributed by atoms with van der Waals surface area (Å²) in [6, 6.07) is 9.40. The van der Waals surface area contributed by atoms with Crippen LogP contribution in [0.2, 0.25) is 0 Å². The number of rotatable bonds is 7. The van der Waals surface area contributed by atoms with Crippen molar-refractivity contribution in [1.82, 2.24) is 4.90 Å². The molecular weight excluding hydrogens is 393 g/mol. The molecule has 0 aromatic heterocycles. The smallest absolute Gasteiger partial charge is 0.253 e. The second-order valence-corrected chi connectivity index (χ2v) is 5.99. The number of likely N-dealkylation sites (N-methyl/N-ethyl adjacent to an activating group) is 1. The van der Waals surface area contributed by atoms with Crippen molar-refractivity contribution in [3.05, 3.63) is 52.3 Å². The number of nitrogens with zero attached hydrogens (tertiary/aromatic N) is 1. The Morgan fingerprint density at radius 2 is 1.72 bits per heavy atom. The molecule has 0 atom stereocenters. The number of methoxy groups -OCH3 is 2. The Balaban J connectivity index is 2.03. The molecule has 0 saturated carbocycles. The van der Waals surface area contributed by atoms with Gasteiger partial charge in [0.05, 0.1) is 20.8 Å². The summed E-state index contributed by atoms with van der Waals surface area (Å²) in [7, 11) is 4.67. The first-order valence-corrected chi connectivity index (χ1v) is 8.31. The van der Waals surface area contributed by atoms with E-state index >= 15 is 0 Å². The van der Waals surface area contributed by atoms with Gasteiger partial charge in [0.15, 0.2) is 11.6 Å². The number of hydrogen-bond donors (Lipinski definition) is 0. The molecule has 1 amide bonds. The van der Waals surface area contributed by atoms with Crippen molar-refractivity contribution in [3.8, 4) is 17.2 Å². The van der Waals surface area contributed by atoms with Crippen molar-refractivity contribution in [2.75, 3.05) is 34.4 Å². The van der Waals surface area contributed by atoms with Gasteiger partial charge in [-0.3, -0.25) is 4.79 Å². The summed E-state index contributed by atoms with van der Waals surface area (Å²) in [5.41, 5.74) is 0.422. The molecule has 5 nitrogen and oxygen atoms in total. The average Bonchev–Trinajstić information content (AvgIpc) is 2.62. The molecule has 0 bridgehead atoms. The summed E-state index contributed by atoms with van der Waals surface area (Å²) < 4.78 is 30.0. The minimum Gasteiger partial charge on any atom is -0.495 e. The van der Waals surface area contributed by atoms with E-state index in [9.17, 15) is 9.18 Å². The van der Waals surface area contributed by atoms with E-state index in [4.69, 9.17) is 14.2 Å². The van der Waals surface area contributed by atoms with Gasteiger partial charge in [0, 0.05) is 12.6 Å². The van der Waals surface area contributed by atoms with Crippen molar-refractivity contribution in [2.45, 2.75) is 0 Å². The summed E-state index contributed by atoms with van der Waals surface area (Å²) in [5.74, 6) is 0.507. The third-order valence-corrected chi connectivity index (χ3v) is 4.34. The topological polar surface area (TPSA) is 48.0 Å². The van der Waals surface area contributed by atoms with E-state index in [0.717, 1.165) is 0 Å². The first-order chi connectivity index (χ1) is 12.0. The quantitative estimate of drug-likeness (QED) is 0.695. The van der Waals surface area contributed by atoms with E-state index < -0.39 is 5.82 Å². The third kappa shape index (κ3) is 4.63. The molecule has 7 heteroatoms. The average molecular weight is 412 g/mol. The van der Waals surface area contributed by atoms with Crippen LogP contribution in [0, 0.1) is 5.82 Å².